The van der Waals surface area contributed by atoms with Gasteiger partial charge in [0.1, 0.15) is 24.8 Å². The number of hydrogen-bond acceptors (Lipinski definition) is 2. The van der Waals surface area contributed by atoms with Gasteiger partial charge in [0.05, 0.1) is 12.2 Å². The predicted molar refractivity (Wildman–Crippen MR) is 56.5 cm³/mol. The van der Waals surface area contributed by atoms with E-state index in [0.29, 0.717) is 17.7 Å². The Morgan fingerprint density at radius 3 is 2.88 bits per heavy atom. The molecule has 0 aliphatic carbocycles. The van der Waals surface area contributed by atoms with Gasteiger partial charge in [0.15, 0.2) is 0 Å². The topological polar surface area (TPSA) is 29.5 Å². The summed E-state index contributed by atoms with van der Waals surface area (Å²) in [5.41, 5.74) is 0.363. The summed E-state index contributed by atoms with van der Waals surface area (Å²) in [6.45, 7) is -0.746. The standard InChI is InChI=1S/C12H12F2O2/c13-6-8-16-12-5-4-11(14)9-10(12)3-1-2-7-15/h4-5,9,15H,2,6-8H2. The molecule has 0 heterocycles. The van der Waals surface area contributed by atoms with Crippen LogP contribution in [0.1, 0.15) is 12.0 Å². The minimum Gasteiger partial charge on any atom is -0.490 e. The fourth-order valence-electron chi connectivity index (χ4n) is 1.09. The zero-order valence-electron chi connectivity index (χ0n) is 8.67. The summed E-state index contributed by atoms with van der Waals surface area (Å²) in [6, 6.07) is 3.86. The highest BCUT2D eigenvalue weighted by Crippen LogP contribution is 2.18. The van der Waals surface area contributed by atoms with Crippen LogP contribution in [0.5, 0.6) is 5.75 Å². The van der Waals surface area contributed by atoms with Crippen molar-refractivity contribution < 1.29 is 18.6 Å². The van der Waals surface area contributed by atoms with Gasteiger partial charge in [0, 0.05) is 6.42 Å². The largest absolute Gasteiger partial charge is 0.490 e. The number of hydrogen-bond donors (Lipinski definition) is 1. The van der Waals surface area contributed by atoms with Gasteiger partial charge in [0.25, 0.3) is 0 Å². The molecule has 1 aromatic carbocycles. The second kappa shape index (κ2) is 6.81. The SMILES string of the molecule is OCCC#Cc1cc(F)ccc1OCCF. The lowest BCUT2D eigenvalue weighted by atomic mass is 10.2. The van der Waals surface area contributed by atoms with E-state index in [1.807, 2.05) is 0 Å². The molecule has 86 valence electrons. The summed E-state index contributed by atoms with van der Waals surface area (Å²) in [5.74, 6) is 5.24. The predicted octanol–water partition coefficient (Wildman–Crippen LogP) is 1.91. The van der Waals surface area contributed by atoms with Crippen LogP contribution >= 0.6 is 0 Å². The smallest absolute Gasteiger partial charge is 0.135 e. The lowest BCUT2D eigenvalue weighted by Gasteiger charge is -2.05. The van der Waals surface area contributed by atoms with Gasteiger partial charge < -0.3 is 9.84 Å². The first kappa shape index (κ1) is 12.5. The molecule has 0 aliphatic heterocycles. The first-order chi connectivity index (χ1) is 7.77. The molecule has 0 saturated carbocycles. The van der Waals surface area contributed by atoms with E-state index in [4.69, 9.17) is 9.84 Å². The van der Waals surface area contributed by atoms with Crippen molar-refractivity contribution in [3.8, 4) is 17.6 Å². The summed E-state index contributed by atoms with van der Waals surface area (Å²) < 4.78 is 29.9. The maximum absolute atomic E-state index is 12.9. The van der Waals surface area contributed by atoms with Gasteiger partial charge in [-0.25, -0.2) is 8.78 Å². The lowest BCUT2D eigenvalue weighted by Crippen LogP contribution is -2.00. The van der Waals surface area contributed by atoms with Gasteiger partial charge in [-0.05, 0) is 18.2 Å². The minimum absolute atomic E-state index is 0.0526. The van der Waals surface area contributed by atoms with E-state index < -0.39 is 12.5 Å². The molecule has 0 fully saturated rings. The Morgan fingerprint density at radius 2 is 2.19 bits per heavy atom. The number of alkyl halides is 1. The second-order valence-corrected chi connectivity index (χ2v) is 2.95. The van der Waals surface area contributed by atoms with Gasteiger partial charge in [0.2, 0.25) is 0 Å². The van der Waals surface area contributed by atoms with E-state index in [2.05, 4.69) is 11.8 Å². The summed E-state index contributed by atoms with van der Waals surface area (Å²) >= 11 is 0. The highest BCUT2D eigenvalue weighted by Gasteiger charge is 2.02. The van der Waals surface area contributed by atoms with Gasteiger partial charge in [-0.1, -0.05) is 11.8 Å². The van der Waals surface area contributed by atoms with Gasteiger partial charge in [-0.2, -0.15) is 0 Å². The molecule has 0 unspecified atom stereocenters. The van der Waals surface area contributed by atoms with Crippen LogP contribution in [0.4, 0.5) is 8.78 Å². The lowest BCUT2D eigenvalue weighted by molar-refractivity contribution is 0.272. The Morgan fingerprint density at radius 1 is 1.38 bits per heavy atom. The fourth-order valence-corrected chi connectivity index (χ4v) is 1.09. The van der Waals surface area contributed by atoms with Crippen LogP contribution in [0, 0.1) is 17.7 Å². The zero-order valence-corrected chi connectivity index (χ0v) is 8.67. The quantitative estimate of drug-likeness (QED) is 0.795. The summed E-state index contributed by atoms with van der Waals surface area (Å²) in [5, 5.41) is 8.55. The van der Waals surface area contributed by atoms with Crippen molar-refractivity contribution in [1.82, 2.24) is 0 Å². The maximum Gasteiger partial charge on any atom is 0.135 e. The van der Waals surface area contributed by atoms with Crippen LogP contribution in [0.2, 0.25) is 0 Å². The molecule has 0 spiro atoms. The Hall–Kier alpha value is -1.60. The Bertz CT molecular complexity index is 394. The van der Waals surface area contributed by atoms with Crippen LogP contribution in [-0.4, -0.2) is 25.0 Å². The number of aliphatic hydroxyl groups is 1. The average Bonchev–Trinajstić information content (AvgIpc) is 2.28. The monoisotopic (exact) mass is 226 g/mol. The number of halogens is 2. The molecule has 0 aliphatic rings. The van der Waals surface area contributed by atoms with Gasteiger partial charge in [-0.3, -0.25) is 0 Å². The molecule has 0 saturated heterocycles. The third-order valence-corrected chi connectivity index (χ3v) is 1.74. The van der Waals surface area contributed by atoms with Crippen molar-refractivity contribution in [3.05, 3.63) is 29.6 Å². The third kappa shape index (κ3) is 3.87. The van der Waals surface area contributed by atoms with E-state index >= 15 is 0 Å². The van der Waals surface area contributed by atoms with E-state index in [-0.39, 0.29) is 13.2 Å². The van der Waals surface area contributed by atoms with Gasteiger partial charge in [-0.15, -0.1) is 0 Å². The molecule has 0 bridgehead atoms. The molecule has 1 rings (SSSR count). The van der Waals surface area contributed by atoms with Gasteiger partial charge >= 0.3 is 0 Å². The Balaban J connectivity index is 2.86. The summed E-state index contributed by atoms with van der Waals surface area (Å²) in [4.78, 5) is 0. The second-order valence-electron chi connectivity index (χ2n) is 2.95. The molecule has 0 aromatic heterocycles. The van der Waals surface area contributed by atoms with Crippen LogP contribution in [0.15, 0.2) is 18.2 Å². The molecule has 16 heavy (non-hydrogen) atoms. The zero-order chi connectivity index (χ0) is 11.8. The fraction of sp³-hybridized carbons (Fsp3) is 0.333. The molecule has 1 N–H and O–H groups in total. The number of rotatable bonds is 4. The highest BCUT2D eigenvalue weighted by molar-refractivity contribution is 5.46. The molecule has 2 nitrogen and oxygen atoms in total. The number of aliphatic hydroxyl groups excluding tert-OH is 1. The summed E-state index contributed by atoms with van der Waals surface area (Å²) in [6.07, 6.45) is 0.305. The van der Waals surface area contributed by atoms with Crippen molar-refractivity contribution in [2.24, 2.45) is 0 Å². The van der Waals surface area contributed by atoms with Crippen molar-refractivity contribution in [1.29, 1.82) is 0 Å². The summed E-state index contributed by atoms with van der Waals surface area (Å²) in [7, 11) is 0. The van der Waals surface area contributed by atoms with Crippen LogP contribution < -0.4 is 4.74 Å². The van der Waals surface area contributed by atoms with Crippen molar-refractivity contribution in [2.45, 2.75) is 6.42 Å². The van der Waals surface area contributed by atoms with Crippen LogP contribution in [0.3, 0.4) is 0 Å². The maximum atomic E-state index is 12.9. The van der Waals surface area contributed by atoms with E-state index in [1.54, 1.807) is 0 Å². The van der Waals surface area contributed by atoms with Crippen LogP contribution in [0.25, 0.3) is 0 Å². The average molecular weight is 226 g/mol. The van der Waals surface area contributed by atoms with Crippen molar-refractivity contribution >= 4 is 0 Å². The number of ether oxygens (including phenoxy) is 1. The molecule has 1 aromatic rings. The van der Waals surface area contributed by atoms with Crippen molar-refractivity contribution in [3.63, 3.8) is 0 Å². The molecule has 4 heteroatoms. The third-order valence-electron chi connectivity index (χ3n) is 1.74. The van der Waals surface area contributed by atoms with E-state index in [0.717, 1.165) is 0 Å². The molecular formula is C12H12F2O2. The number of benzene rings is 1. The molecule has 0 atom stereocenters. The minimum atomic E-state index is -0.610. The van der Waals surface area contributed by atoms with E-state index in [1.165, 1.54) is 18.2 Å². The molecular weight excluding hydrogens is 214 g/mol. The molecule has 0 amide bonds. The van der Waals surface area contributed by atoms with E-state index in [9.17, 15) is 8.78 Å². The van der Waals surface area contributed by atoms with Crippen LogP contribution in [-0.2, 0) is 0 Å². The highest BCUT2D eigenvalue weighted by atomic mass is 19.1. The Kier molecular flexibility index (Phi) is 5.30. The Labute approximate surface area is 92.9 Å². The first-order valence-electron chi connectivity index (χ1n) is 4.86. The first-order valence-corrected chi connectivity index (χ1v) is 4.86. The normalized spacial score (nSPS) is 9.44. The molecule has 0 radical (unpaired) electrons. The van der Waals surface area contributed by atoms with Crippen molar-refractivity contribution in [2.75, 3.05) is 19.9 Å².